The van der Waals surface area contributed by atoms with Crippen molar-refractivity contribution < 1.29 is 18.3 Å². The highest BCUT2D eigenvalue weighted by molar-refractivity contribution is 5.75. The smallest absolute Gasteiger partial charge is 0.377 e. The molecule has 0 bridgehead atoms. The minimum Gasteiger partial charge on any atom is -0.378 e. The van der Waals surface area contributed by atoms with Crippen LogP contribution in [-0.2, 0) is 4.74 Å². The van der Waals surface area contributed by atoms with E-state index < -0.39 is 29.0 Å². The zero-order chi connectivity index (χ0) is 15.7. The molecule has 1 aliphatic heterocycles. The van der Waals surface area contributed by atoms with Crippen LogP contribution in [0.1, 0.15) is 0 Å². The van der Waals surface area contributed by atoms with Crippen LogP contribution in [0.4, 0.5) is 13.6 Å². The van der Waals surface area contributed by atoms with Crippen LogP contribution in [0.2, 0.25) is 0 Å². The van der Waals surface area contributed by atoms with Crippen molar-refractivity contribution in [3.8, 4) is 5.69 Å². The second kappa shape index (κ2) is 5.64. The maximum absolute atomic E-state index is 13.7. The van der Waals surface area contributed by atoms with Gasteiger partial charge in [-0.05, 0) is 22.6 Å². The van der Waals surface area contributed by atoms with E-state index in [-0.39, 0.29) is 0 Å². The molecule has 0 saturated carbocycles. The van der Waals surface area contributed by atoms with Gasteiger partial charge in [0.25, 0.3) is 0 Å². The lowest BCUT2D eigenvalue weighted by atomic mass is 10.3. The Bertz CT molecular complexity index is 766. The number of morpholine rings is 1. The Kier molecular flexibility index (Phi) is 3.67. The van der Waals surface area contributed by atoms with E-state index in [0.717, 1.165) is 18.2 Å². The average molecular weight is 311 g/mol. The van der Waals surface area contributed by atoms with Crippen molar-refractivity contribution in [3.05, 3.63) is 40.3 Å². The number of carbonyl (C=O) groups is 1. The van der Waals surface area contributed by atoms with Crippen LogP contribution in [0.25, 0.3) is 5.69 Å². The summed E-state index contributed by atoms with van der Waals surface area (Å²) in [6, 6.07) is 1.89. The first-order valence-electron chi connectivity index (χ1n) is 6.45. The molecule has 3 rings (SSSR count). The van der Waals surface area contributed by atoms with E-state index in [2.05, 4.69) is 10.4 Å². The van der Waals surface area contributed by atoms with Crippen LogP contribution in [-0.4, -0.2) is 57.0 Å². The zero-order valence-corrected chi connectivity index (χ0v) is 11.3. The molecule has 1 saturated heterocycles. The Morgan fingerprint density at radius 1 is 1.18 bits per heavy atom. The number of hydrogen-bond donors (Lipinski definition) is 0. The van der Waals surface area contributed by atoms with Gasteiger partial charge >= 0.3 is 11.7 Å². The summed E-state index contributed by atoms with van der Waals surface area (Å²) in [6.07, 6.45) is 0. The van der Waals surface area contributed by atoms with Crippen molar-refractivity contribution in [1.82, 2.24) is 24.7 Å². The molecule has 0 unspecified atom stereocenters. The molecule has 1 aliphatic rings. The number of rotatable bonds is 1. The van der Waals surface area contributed by atoms with Crippen LogP contribution < -0.4 is 5.69 Å². The van der Waals surface area contributed by atoms with Gasteiger partial charge in [-0.2, -0.15) is 4.68 Å². The number of halogens is 2. The largest absolute Gasteiger partial charge is 0.378 e. The lowest BCUT2D eigenvalue weighted by Gasteiger charge is -2.25. The summed E-state index contributed by atoms with van der Waals surface area (Å²) in [5.41, 5.74) is -1.38. The number of amides is 1. The molecule has 1 fully saturated rings. The quantitative estimate of drug-likeness (QED) is 0.693. The molecule has 1 amide bonds. The van der Waals surface area contributed by atoms with Gasteiger partial charge in [-0.25, -0.2) is 18.4 Å². The molecule has 116 valence electrons. The van der Waals surface area contributed by atoms with Crippen molar-refractivity contribution >= 4 is 6.03 Å². The summed E-state index contributed by atoms with van der Waals surface area (Å²) in [6.45, 7) is 1.33. The second-order valence-electron chi connectivity index (χ2n) is 4.56. The maximum atomic E-state index is 13.7. The third-order valence-electron chi connectivity index (χ3n) is 3.18. The van der Waals surface area contributed by atoms with Crippen LogP contribution in [0.15, 0.2) is 23.0 Å². The van der Waals surface area contributed by atoms with Gasteiger partial charge in [-0.3, -0.25) is 0 Å². The van der Waals surface area contributed by atoms with Gasteiger partial charge in [0.05, 0.1) is 13.2 Å². The Morgan fingerprint density at radius 3 is 2.64 bits per heavy atom. The van der Waals surface area contributed by atoms with Crippen LogP contribution in [0, 0.1) is 11.6 Å². The summed E-state index contributed by atoms with van der Waals surface area (Å²) in [5.74, 6) is -1.59. The second-order valence-corrected chi connectivity index (χ2v) is 4.56. The maximum Gasteiger partial charge on any atom is 0.377 e. The first kappa shape index (κ1) is 14.3. The first-order valence-corrected chi connectivity index (χ1v) is 6.45. The predicted molar refractivity (Wildman–Crippen MR) is 68.7 cm³/mol. The predicted octanol–water partition coefficient (Wildman–Crippen LogP) is 0.00750. The van der Waals surface area contributed by atoms with Gasteiger partial charge in [-0.1, -0.05) is 0 Å². The SMILES string of the molecule is O=C(N1CCOCC1)n1nnn(-c2cc(F)ccc2F)c1=O. The minimum atomic E-state index is -0.971. The Hall–Kier alpha value is -2.62. The van der Waals surface area contributed by atoms with Crippen molar-refractivity contribution in [2.24, 2.45) is 0 Å². The van der Waals surface area contributed by atoms with Gasteiger partial charge in [0.2, 0.25) is 0 Å². The summed E-state index contributed by atoms with van der Waals surface area (Å²) >= 11 is 0. The number of hydrogen-bond acceptors (Lipinski definition) is 5. The number of tetrazole rings is 1. The Balaban J connectivity index is 1.97. The van der Waals surface area contributed by atoms with E-state index in [4.69, 9.17) is 4.74 Å². The van der Waals surface area contributed by atoms with E-state index in [0.29, 0.717) is 35.7 Å². The molecule has 2 aromatic rings. The lowest BCUT2D eigenvalue weighted by molar-refractivity contribution is 0.0525. The number of nitrogens with zero attached hydrogens (tertiary/aromatic N) is 5. The van der Waals surface area contributed by atoms with Crippen molar-refractivity contribution in [2.75, 3.05) is 26.3 Å². The zero-order valence-electron chi connectivity index (χ0n) is 11.3. The molecule has 0 atom stereocenters. The molecular weight excluding hydrogens is 300 g/mol. The topological polar surface area (TPSA) is 82.2 Å². The highest BCUT2D eigenvalue weighted by atomic mass is 19.1. The van der Waals surface area contributed by atoms with Crippen molar-refractivity contribution in [2.45, 2.75) is 0 Å². The molecule has 1 aromatic carbocycles. The minimum absolute atomic E-state index is 0.312. The molecule has 0 spiro atoms. The summed E-state index contributed by atoms with van der Waals surface area (Å²) in [5, 5.41) is 6.87. The molecule has 1 aromatic heterocycles. The molecule has 0 N–H and O–H groups in total. The molecule has 10 heteroatoms. The van der Waals surface area contributed by atoms with Crippen molar-refractivity contribution in [3.63, 3.8) is 0 Å². The van der Waals surface area contributed by atoms with Crippen LogP contribution >= 0.6 is 0 Å². The van der Waals surface area contributed by atoms with Crippen molar-refractivity contribution in [1.29, 1.82) is 0 Å². The van der Waals surface area contributed by atoms with E-state index in [9.17, 15) is 18.4 Å². The van der Waals surface area contributed by atoms with Gasteiger partial charge < -0.3 is 9.64 Å². The fourth-order valence-corrected chi connectivity index (χ4v) is 2.05. The molecule has 0 aliphatic carbocycles. The summed E-state index contributed by atoms with van der Waals surface area (Å²) in [7, 11) is 0. The summed E-state index contributed by atoms with van der Waals surface area (Å²) < 4.78 is 33.0. The average Bonchev–Trinajstić information content (AvgIpc) is 2.91. The Labute approximate surface area is 122 Å². The molecule has 8 nitrogen and oxygen atoms in total. The highest BCUT2D eigenvalue weighted by Crippen LogP contribution is 2.11. The van der Waals surface area contributed by atoms with Crippen LogP contribution in [0.3, 0.4) is 0 Å². The molecule has 22 heavy (non-hydrogen) atoms. The van der Waals surface area contributed by atoms with E-state index in [1.807, 2.05) is 0 Å². The van der Waals surface area contributed by atoms with Crippen LogP contribution in [0.5, 0.6) is 0 Å². The monoisotopic (exact) mass is 311 g/mol. The normalized spacial score (nSPS) is 15.1. The standard InChI is InChI=1S/C12H11F2N5O3/c13-8-1-2-9(14)10(7-8)18-12(21)19(16-15-18)11(20)17-3-5-22-6-4-17/h1-2,7H,3-6H2. The molecule has 2 heterocycles. The highest BCUT2D eigenvalue weighted by Gasteiger charge is 2.24. The summed E-state index contributed by atoms with van der Waals surface area (Å²) in [4.78, 5) is 25.7. The molecular formula is C12H11F2N5O3. The van der Waals surface area contributed by atoms with Gasteiger partial charge in [0.1, 0.15) is 17.3 Å². The van der Waals surface area contributed by atoms with E-state index >= 15 is 0 Å². The lowest BCUT2D eigenvalue weighted by Crippen LogP contribution is -2.46. The first-order chi connectivity index (χ1) is 10.6. The number of benzene rings is 1. The van der Waals surface area contributed by atoms with Gasteiger partial charge in [-0.15, -0.1) is 4.68 Å². The number of aromatic nitrogens is 4. The third-order valence-corrected chi connectivity index (χ3v) is 3.18. The third kappa shape index (κ3) is 2.48. The number of carbonyl (C=O) groups excluding carboxylic acids is 1. The molecule has 0 radical (unpaired) electrons. The fraction of sp³-hybridized carbons (Fsp3) is 0.333. The Morgan fingerprint density at radius 2 is 1.91 bits per heavy atom. The van der Waals surface area contributed by atoms with E-state index in [1.165, 1.54) is 4.90 Å². The van der Waals surface area contributed by atoms with Gasteiger partial charge in [0.15, 0.2) is 0 Å². The van der Waals surface area contributed by atoms with Gasteiger partial charge in [0, 0.05) is 19.2 Å². The fourth-order valence-electron chi connectivity index (χ4n) is 2.05. The van der Waals surface area contributed by atoms with E-state index in [1.54, 1.807) is 0 Å². The number of ether oxygens (including phenoxy) is 1.